The lowest BCUT2D eigenvalue weighted by Gasteiger charge is -2.31. The molecule has 0 radical (unpaired) electrons. The number of nitrogens with one attached hydrogen (secondary N) is 1. The Morgan fingerprint density at radius 2 is 1.90 bits per heavy atom. The van der Waals surface area contributed by atoms with Crippen LogP contribution >= 0.6 is 0 Å². The number of pyridine rings is 2. The molecule has 1 N–H and O–H groups in total. The normalized spacial score (nSPS) is 19.3. The number of fused-ring (bicyclic) bond motifs is 1. The van der Waals surface area contributed by atoms with Crippen LogP contribution in [0.2, 0.25) is 0 Å². The number of aromatic nitrogens is 2. The maximum Gasteiger partial charge on any atom is 0.248 e. The Morgan fingerprint density at radius 1 is 1.10 bits per heavy atom. The minimum absolute atomic E-state index is 0.0786. The van der Waals surface area contributed by atoms with Crippen molar-refractivity contribution in [2.24, 2.45) is 10.9 Å². The van der Waals surface area contributed by atoms with Gasteiger partial charge in [-0.25, -0.2) is 8.42 Å². The predicted molar refractivity (Wildman–Crippen MR) is 116 cm³/mol. The summed E-state index contributed by atoms with van der Waals surface area (Å²) in [7, 11) is -3.44. The van der Waals surface area contributed by atoms with Gasteiger partial charge in [0.15, 0.2) is 0 Å². The molecule has 4 heterocycles. The summed E-state index contributed by atoms with van der Waals surface area (Å²) >= 11 is 0. The fourth-order valence-corrected chi connectivity index (χ4v) is 5.53. The van der Waals surface area contributed by atoms with E-state index >= 15 is 0 Å². The Bertz CT molecular complexity index is 1090. The van der Waals surface area contributed by atoms with Gasteiger partial charge >= 0.3 is 0 Å². The minimum Gasteiger partial charge on any atom is -0.354 e. The van der Waals surface area contributed by atoms with Crippen LogP contribution in [0.3, 0.4) is 0 Å². The average Bonchev–Trinajstić information content (AvgIpc) is 3.24. The zero-order valence-corrected chi connectivity index (χ0v) is 18.2. The Labute approximate surface area is 182 Å². The zero-order chi connectivity index (χ0) is 21.7. The molecule has 0 aliphatic carbocycles. The van der Waals surface area contributed by atoms with E-state index in [0.717, 1.165) is 42.7 Å². The molecule has 2 aromatic rings. The van der Waals surface area contributed by atoms with Gasteiger partial charge in [0.05, 0.1) is 5.36 Å². The van der Waals surface area contributed by atoms with Gasteiger partial charge in [-0.3, -0.25) is 19.8 Å². The van der Waals surface area contributed by atoms with Crippen molar-refractivity contribution in [1.82, 2.24) is 19.6 Å². The topological polar surface area (TPSA) is 105 Å². The van der Waals surface area contributed by atoms with Crippen LogP contribution in [0.1, 0.15) is 32.1 Å². The maximum atomic E-state index is 12.7. The molecular formula is C22H27N5O3S. The van der Waals surface area contributed by atoms with Crippen LogP contribution < -0.4 is 15.9 Å². The summed E-state index contributed by atoms with van der Waals surface area (Å²) in [4.78, 5) is 24.9. The third kappa shape index (κ3) is 5.16. The molecule has 1 unspecified atom stereocenters. The second kappa shape index (κ2) is 9.65. The first-order valence-electron chi connectivity index (χ1n) is 10.7. The highest BCUT2D eigenvalue weighted by molar-refractivity contribution is 7.89. The van der Waals surface area contributed by atoms with Crippen LogP contribution in [0.15, 0.2) is 52.9 Å². The molecule has 1 saturated heterocycles. The van der Waals surface area contributed by atoms with Crippen molar-refractivity contribution in [2.75, 3.05) is 19.6 Å². The fourth-order valence-electron chi connectivity index (χ4n) is 4.10. The van der Waals surface area contributed by atoms with Gasteiger partial charge in [-0.15, -0.1) is 0 Å². The first kappa shape index (κ1) is 21.6. The van der Waals surface area contributed by atoms with Crippen LogP contribution in [0.4, 0.5) is 0 Å². The molecule has 1 fully saturated rings. The van der Waals surface area contributed by atoms with Gasteiger partial charge in [0.2, 0.25) is 15.9 Å². The van der Waals surface area contributed by atoms with Gasteiger partial charge in [0, 0.05) is 49.6 Å². The second-order valence-electron chi connectivity index (χ2n) is 8.00. The maximum absolute atomic E-state index is 12.7. The number of unbranched alkanes of at least 4 members (excludes halogenated alkanes) is 1. The lowest BCUT2D eigenvalue weighted by atomic mass is 9.92. The van der Waals surface area contributed by atoms with Crippen molar-refractivity contribution < 1.29 is 13.2 Å². The molecule has 2 aliphatic rings. The van der Waals surface area contributed by atoms with E-state index in [2.05, 4.69) is 20.3 Å². The van der Waals surface area contributed by atoms with Crippen LogP contribution in [0.25, 0.3) is 6.08 Å². The Hall–Kier alpha value is -2.65. The number of nitrogens with zero attached hydrogens (tertiary/aromatic N) is 4. The molecule has 2 aliphatic heterocycles. The highest BCUT2D eigenvalue weighted by Gasteiger charge is 2.29. The average molecular weight is 442 g/mol. The van der Waals surface area contributed by atoms with Crippen LogP contribution in [0.5, 0.6) is 0 Å². The van der Waals surface area contributed by atoms with E-state index in [4.69, 9.17) is 0 Å². The summed E-state index contributed by atoms with van der Waals surface area (Å²) in [5.74, 6) is 0.446. The Kier molecular flexibility index (Phi) is 6.72. The molecule has 2 aromatic heterocycles. The quantitative estimate of drug-likeness (QED) is 0.606. The van der Waals surface area contributed by atoms with Gasteiger partial charge in [-0.05, 0) is 49.5 Å². The van der Waals surface area contributed by atoms with E-state index in [1.54, 1.807) is 35.0 Å². The second-order valence-corrected chi connectivity index (χ2v) is 9.94. The van der Waals surface area contributed by atoms with Gasteiger partial charge in [-0.1, -0.05) is 12.8 Å². The number of carbonyl (C=O) groups excluding carboxylic acids is 1. The fraction of sp³-hybridized carbons (Fsp3) is 0.455. The summed E-state index contributed by atoms with van der Waals surface area (Å²) in [6.45, 7) is 1.72. The largest absolute Gasteiger partial charge is 0.354 e. The molecule has 0 spiro atoms. The minimum atomic E-state index is -3.44. The summed E-state index contributed by atoms with van der Waals surface area (Å²) in [5.41, 5.74) is 0. The smallest absolute Gasteiger partial charge is 0.248 e. The van der Waals surface area contributed by atoms with Crippen molar-refractivity contribution in [3.8, 4) is 0 Å². The Morgan fingerprint density at radius 3 is 2.65 bits per heavy atom. The SMILES string of the molecule is O=C(NCCCCC1CCN(S(=O)(=O)c2cccnc2)CC1)C1C=c2cnccc2=N1. The van der Waals surface area contributed by atoms with Gasteiger partial charge in [0.25, 0.3) is 0 Å². The summed E-state index contributed by atoms with van der Waals surface area (Å²) in [6, 6.07) is 4.58. The molecule has 0 aromatic carbocycles. The van der Waals surface area contributed by atoms with E-state index in [0.29, 0.717) is 25.6 Å². The number of piperidine rings is 1. The first-order valence-corrected chi connectivity index (χ1v) is 12.2. The lowest BCUT2D eigenvalue weighted by Crippen LogP contribution is -2.38. The highest BCUT2D eigenvalue weighted by Crippen LogP contribution is 2.26. The number of rotatable bonds is 8. The van der Waals surface area contributed by atoms with E-state index in [9.17, 15) is 13.2 Å². The highest BCUT2D eigenvalue weighted by atomic mass is 32.2. The predicted octanol–water partition coefficient (Wildman–Crippen LogP) is 0.646. The summed E-state index contributed by atoms with van der Waals surface area (Å²) < 4.78 is 26.9. The summed E-state index contributed by atoms with van der Waals surface area (Å²) in [6.07, 6.45) is 12.9. The standard InChI is InChI=1S/C22H27N5O3S/c28-22(21-14-18-15-24-11-6-20(18)26-21)25-10-2-1-4-17-7-12-27(13-8-17)31(29,30)19-5-3-9-23-16-19/h3,5-6,9,11,14-17,21H,1-2,4,7-8,10,12-13H2,(H,25,28). The van der Waals surface area contributed by atoms with E-state index in [1.807, 2.05) is 12.1 Å². The number of hydrogen-bond acceptors (Lipinski definition) is 6. The van der Waals surface area contributed by atoms with Gasteiger partial charge in [0.1, 0.15) is 10.9 Å². The summed E-state index contributed by atoms with van der Waals surface area (Å²) in [5, 5.41) is 4.68. The van der Waals surface area contributed by atoms with Crippen LogP contribution in [-0.4, -0.2) is 54.3 Å². The Balaban J connectivity index is 1.14. The monoisotopic (exact) mass is 441 g/mol. The molecule has 1 amide bonds. The molecule has 31 heavy (non-hydrogen) atoms. The van der Waals surface area contributed by atoms with Crippen molar-refractivity contribution >= 4 is 22.0 Å². The number of carbonyl (C=O) groups is 1. The first-order chi connectivity index (χ1) is 15.0. The van der Waals surface area contributed by atoms with E-state index in [-0.39, 0.29) is 10.8 Å². The molecule has 4 rings (SSSR count). The van der Waals surface area contributed by atoms with Crippen molar-refractivity contribution in [1.29, 1.82) is 0 Å². The number of hydrogen-bond donors (Lipinski definition) is 1. The number of amides is 1. The lowest BCUT2D eigenvalue weighted by molar-refractivity contribution is -0.121. The zero-order valence-electron chi connectivity index (χ0n) is 17.4. The van der Waals surface area contributed by atoms with Gasteiger partial charge in [-0.2, -0.15) is 4.31 Å². The molecule has 8 nitrogen and oxygen atoms in total. The third-order valence-electron chi connectivity index (χ3n) is 5.90. The van der Waals surface area contributed by atoms with Crippen molar-refractivity contribution in [2.45, 2.75) is 43.0 Å². The molecule has 0 saturated carbocycles. The van der Waals surface area contributed by atoms with Crippen molar-refractivity contribution in [3.05, 3.63) is 53.6 Å². The van der Waals surface area contributed by atoms with Crippen LogP contribution in [0, 0.1) is 5.92 Å². The van der Waals surface area contributed by atoms with Crippen molar-refractivity contribution in [3.63, 3.8) is 0 Å². The molecule has 9 heteroatoms. The van der Waals surface area contributed by atoms with Crippen LogP contribution in [-0.2, 0) is 14.8 Å². The number of sulfonamides is 1. The third-order valence-corrected chi connectivity index (χ3v) is 7.78. The van der Waals surface area contributed by atoms with E-state index in [1.165, 1.54) is 6.20 Å². The van der Waals surface area contributed by atoms with E-state index < -0.39 is 16.1 Å². The molecule has 1 atom stereocenters. The molecule has 164 valence electrons. The van der Waals surface area contributed by atoms with Gasteiger partial charge < -0.3 is 5.32 Å². The molecular weight excluding hydrogens is 414 g/mol. The molecule has 0 bridgehead atoms.